The van der Waals surface area contributed by atoms with Crippen LogP contribution in [-0.4, -0.2) is 21.6 Å². The number of aromatic nitrogens is 2. The maximum absolute atomic E-state index is 9.99. The highest BCUT2D eigenvalue weighted by Gasteiger charge is 2.13. The molecule has 2 rings (SSSR count). The molecule has 0 radical (unpaired) electrons. The van der Waals surface area contributed by atoms with E-state index >= 15 is 0 Å². The van der Waals surface area contributed by atoms with Crippen molar-refractivity contribution >= 4 is 34.9 Å². The van der Waals surface area contributed by atoms with E-state index in [0.29, 0.717) is 6.42 Å². The molecule has 0 saturated carbocycles. The summed E-state index contributed by atoms with van der Waals surface area (Å²) in [5, 5.41) is 18.2. The fraction of sp³-hybridized carbons (Fsp3) is 0.333. The minimum Gasteiger partial charge on any atom is -0.388 e. The maximum Gasteiger partial charge on any atom is 0.179 e. The van der Waals surface area contributed by atoms with Crippen LogP contribution in [0.5, 0.6) is 0 Å². The first-order valence-electron chi connectivity index (χ1n) is 5.57. The smallest absolute Gasteiger partial charge is 0.179 e. The monoisotopic (exact) mass is 298 g/mol. The van der Waals surface area contributed by atoms with Gasteiger partial charge < -0.3 is 5.11 Å². The molecule has 0 aliphatic heterocycles. The van der Waals surface area contributed by atoms with Gasteiger partial charge in [-0.25, -0.2) is 0 Å². The van der Waals surface area contributed by atoms with Crippen LogP contribution < -0.4 is 0 Å². The summed E-state index contributed by atoms with van der Waals surface area (Å²) in [5.74, 6) is 0. The fourth-order valence-corrected chi connectivity index (χ4v) is 4.06. The molecule has 18 heavy (non-hydrogen) atoms. The minimum atomic E-state index is -0.415. The van der Waals surface area contributed by atoms with Gasteiger partial charge in [0.05, 0.1) is 6.10 Å². The van der Waals surface area contributed by atoms with Crippen LogP contribution >= 0.6 is 34.9 Å². The maximum atomic E-state index is 9.99. The number of hydrogen-bond acceptors (Lipinski definition) is 6. The molecular weight excluding hydrogens is 284 g/mol. The second-order valence-electron chi connectivity index (χ2n) is 3.60. The summed E-state index contributed by atoms with van der Waals surface area (Å²) in [6.07, 6.45) is 2.29. The third-order valence-electron chi connectivity index (χ3n) is 2.42. The van der Waals surface area contributed by atoms with E-state index in [0.717, 1.165) is 19.1 Å². The average Bonchev–Trinajstić information content (AvgIpc) is 2.86. The lowest BCUT2D eigenvalue weighted by Gasteiger charge is -2.12. The molecule has 1 heterocycles. The first kappa shape index (κ1) is 13.9. The third kappa shape index (κ3) is 3.26. The predicted molar refractivity (Wildman–Crippen MR) is 77.5 cm³/mol. The molecule has 0 fully saturated rings. The van der Waals surface area contributed by atoms with Crippen molar-refractivity contribution in [2.75, 3.05) is 6.26 Å². The second-order valence-corrected chi connectivity index (χ2v) is 6.92. The quantitative estimate of drug-likeness (QED) is 0.849. The number of thioether (sulfide) groups is 1. The van der Waals surface area contributed by atoms with Crippen molar-refractivity contribution in [3.8, 4) is 0 Å². The summed E-state index contributed by atoms with van der Waals surface area (Å²) < 4.78 is 1.88. The van der Waals surface area contributed by atoms with Crippen molar-refractivity contribution < 1.29 is 5.11 Å². The lowest BCUT2D eigenvalue weighted by Crippen LogP contribution is -1.96. The van der Waals surface area contributed by atoms with Gasteiger partial charge in [-0.2, -0.15) is 0 Å². The Bertz CT molecular complexity index is 516. The lowest BCUT2D eigenvalue weighted by atomic mass is 10.1. The number of rotatable bonds is 5. The zero-order valence-electron chi connectivity index (χ0n) is 10.2. The molecule has 1 N–H and O–H groups in total. The summed E-state index contributed by atoms with van der Waals surface area (Å²) >= 11 is 4.74. The normalized spacial score (nSPS) is 12.6. The van der Waals surface area contributed by atoms with E-state index in [1.54, 1.807) is 34.9 Å². The highest BCUT2D eigenvalue weighted by Crippen LogP contribution is 2.36. The zero-order valence-corrected chi connectivity index (χ0v) is 12.6. The molecule has 0 aliphatic carbocycles. The summed E-state index contributed by atoms with van der Waals surface area (Å²) in [6, 6.07) is 7.91. The van der Waals surface area contributed by atoms with E-state index in [4.69, 9.17) is 0 Å². The Morgan fingerprint density at radius 1 is 1.28 bits per heavy atom. The van der Waals surface area contributed by atoms with Gasteiger partial charge in [-0.15, -0.1) is 10.2 Å². The fourth-order valence-electron chi connectivity index (χ4n) is 1.48. The standard InChI is InChI=1S/C12H14N2OS3/c1-3-9(15)8-6-4-5-7-10(8)17-12-14-13-11(16-2)18-12/h4-7,9,15H,3H2,1-2H3/t9-/m1/s1. The van der Waals surface area contributed by atoms with Gasteiger partial charge in [-0.3, -0.25) is 0 Å². The molecule has 3 nitrogen and oxygen atoms in total. The van der Waals surface area contributed by atoms with Crippen LogP contribution in [0.15, 0.2) is 37.8 Å². The van der Waals surface area contributed by atoms with Crippen LogP contribution in [0.3, 0.4) is 0 Å². The van der Waals surface area contributed by atoms with Gasteiger partial charge >= 0.3 is 0 Å². The van der Waals surface area contributed by atoms with Crippen LogP contribution in [0.4, 0.5) is 0 Å². The molecule has 0 spiro atoms. The van der Waals surface area contributed by atoms with Crippen LogP contribution in [0, 0.1) is 0 Å². The summed E-state index contributed by atoms with van der Waals surface area (Å²) in [6.45, 7) is 1.98. The predicted octanol–water partition coefficient (Wildman–Crippen LogP) is 3.85. The van der Waals surface area contributed by atoms with E-state index in [2.05, 4.69) is 10.2 Å². The van der Waals surface area contributed by atoms with Crippen LogP contribution in [0.1, 0.15) is 25.0 Å². The molecule has 0 saturated heterocycles. The van der Waals surface area contributed by atoms with Gasteiger partial charge in [0.25, 0.3) is 0 Å². The molecule has 96 valence electrons. The van der Waals surface area contributed by atoms with Crippen molar-refractivity contribution in [2.24, 2.45) is 0 Å². The minimum absolute atomic E-state index is 0.415. The van der Waals surface area contributed by atoms with Gasteiger partial charge in [0.2, 0.25) is 0 Å². The zero-order chi connectivity index (χ0) is 13.0. The topological polar surface area (TPSA) is 46.0 Å². The first-order chi connectivity index (χ1) is 8.74. The highest BCUT2D eigenvalue weighted by atomic mass is 32.2. The lowest BCUT2D eigenvalue weighted by molar-refractivity contribution is 0.171. The Kier molecular flexibility index (Phi) is 5.05. The van der Waals surface area contributed by atoms with E-state index in [9.17, 15) is 5.11 Å². The number of nitrogens with zero attached hydrogens (tertiary/aromatic N) is 2. The van der Waals surface area contributed by atoms with Crippen LogP contribution in [0.25, 0.3) is 0 Å². The largest absolute Gasteiger partial charge is 0.388 e. The third-order valence-corrected chi connectivity index (χ3v) is 5.47. The summed E-state index contributed by atoms with van der Waals surface area (Å²) in [4.78, 5) is 1.05. The van der Waals surface area contributed by atoms with Gasteiger partial charge in [-0.1, -0.05) is 60.0 Å². The molecule has 1 atom stereocenters. The number of hydrogen-bond donors (Lipinski definition) is 1. The Labute approximate surface area is 119 Å². The van der Waals surface area contributed by atoms with Gasteiger partial charge in [0, 0.05) is 4.90 Å². The molecule has 1 aromatic heterocycles. The van der Waals surface area contributed by atoms with E-state index in [1.807, 2.05) is 37.4 Å². The van der Waals surface area contributed by atoms with Crippen molar-refractivity contribution in [1.82, 2.24) is 10.2 Å². The SMILES string of the molecule is CC[C@@H](O)c1ccccc1Sc1nnc(SC)s1. The van der Waals surface area contributed by atoms with Gasteiger partial charge in [-0.05, 0) is 24.3 Å². The van der Waals surface area contributed by atoms with Crippen molar-refractivity contribution in [3.63, 3.8) is 0 Å². The highest BCUT2D eigenvalue weighted by molar-refractivity contribution is 8.03. The van der Waals surface area contributed by atoms with E-state index in [1.165, 1.54) is 0 Å². The number of aliphatic hydroxyl groups excluding tert-OH is 1. The summed E-state index contributed by atoms with van der Waals surface area (Å²) in [7, 11) is 0. The molecule has 0 amide bonds. The Morgan fingerprint density at radius 3 is 2.67 bits per heavy atom. The first-order valence-corrected chi connectivity index (χ1v) is 8.42. The molecule has 0 bridgehead atoms. The van der Waals surface area contributed by atoms with E-state index in [-0.39, 0.29) is 0 Å². The molecule has 2 aromatic rings. The van der Waals surface area contributed by atoms with Gasteiger partial charge in [0.15, 0.2) is 8.68 Å². The Hall–Kier alpha value is -0.560. The Balaban J connectivity index is 2.23. The molecule has 0 unspecified atom stereocenters. The summed E-state index contributed by atoms with van der Waals surface area (Å²) in [5.41, 5.74) is 0.964. The van der Waals surface area contributed by atoms with Crippen molar-refractivity contribution in [1.29, 1.82) is 0 Å². The van der Waals surface area contributed by atoms with Crippen molar-refractivity contribution in [3.05, 3.63) is 29.8 Å². The molecule has 6 heteroatoms. The average molecular weight is 298 g/mol. The van der Waals surface area contributed by atoms with Gasteiger partial charge in [0.1, 0.15) is 0 Å². The second kappa shape index (κ2) is 6.56. The van der Waals surface area contributed by atoms with Crippen molar-refractivity contribution in [2.45, 2.75) is 33.0 Å². The van der Waals surface area contributed by atoms with E-state index < -0.39 is 6.10 Å². The number of benzene rings is 1. The molecular formula is C12H14N2OS3. The molecule has 1 aromatic carbocycles. The number of aliphatic hydroxyl groups is 1. The molecule has 0 aliphatic rings. The van der Waals surface area contributed by atoms with Crippen LogP contribution in [-0.2, 0) is 0 Å². The van der Waals surface area contributed by atoms with Crippen LogP contribution in [0.2, 0.25) is 0 Å². The Morgan fingerprint density at radius 2 is 2.00 bits per heavy atom.